The van der Waals surface area contributed by atoms with Crippen LogP contribution >= 0.6 is 0 Å². The minimum absolute atomic E-state index is 0.673. The van der Waals surface area contributed by atoms with Gasteiger partial charge in [0.25, 0.3) is 0 Å². The van der Waals surface area contributed by atoms with Gasteiger partial charge in [-0.1, -0.05) is 13.0 Å². The van der Waals surface area contributed by atoms with E-state index in [0.29, 0.717) is 12.0 Å². The maximum atomic E-state index is 5.79. The Kier molecular flexibility index (Phi) is 4.13. The van der Waals surface area contributed by atoms with Gasteiger partial charge in [0.1, 0.15) is 0 Å². The fraction of sp³-hybridized carbons (Fsp3) is 0.643. The summed E-state index contributed by atoms with van der Waals surface area (Å²) >= 11 is 0. The van der Waals surface area contributed by atoms with E-state index in [4.69, 9.17) is 5.73 Å². The van der Waals surface area contributed by atoms with E-state index in [1.54, 1.807) is 0 Å². The van der Waals surface area contributed by atoms with Gasteiger partial charge in [-0.3, -0.25) is 9.88 Å². The van der Waals surface area contributed by atoms with Crippen molar-refractivity contribution in [2.24, 2.45) is 11.7 Å². The van der Waals surface area contributed by atoms with Crippen molar-refractivity contribution in [2.75, 3.05) is 13.1 Å². The lowest BCUT2D eigenvalue weighted by Crippen LogP contribution is -2.49. The first-order valence-corrected chi connectivity index (χ1v) is 6.61. The number of aromatic nitrogens is 1. The zero-order chi connectivity index (χ0) is 12.3. The van der Waals surface area contributed by atoms with Gasteiger partial charge in [-0.2, -0.15) is 0 Å². The standard InChI is InChI=1S/C14H23N3/c1-3-17(14-8-7-12(14)9-15)10-13-6-4-5-11(2)16-13/h4-6,12,14H,3,7-10,15H2,1-2H3. The minimum Gasteiger partial charge on any atom is -0.330 e. The minimum atomic E-state index is 0.673. The summed E-state index contributed by atoms with van der Waals surface area (Å²) in [6.07, 6.45) is 2.58. The second-order valence-electron chi connectivity index (χ2n) is 4.97. The highest BCUT2D eigenvalue weighted by Gasteiger charge is 2.33. The molecule has 0 saturated heterocycles. The SMILES string of the molecule is CCN(Cc1cccc(C)n1)C1CCC1CN. The van der Waals surface area contributed by atoms with Crippen molar-refractivity contribution in [2.45, 2.75) is 39.3 Å². The average Bonchev–Trinajstić information content (AvgIpc) is 2.27. The van der Waals surface area contributed by atoms with Crippen LogP contribution in [0.1, 0.15) is 31.2 Å². The molecular weight excluding hydrogens is 210 g/mol. The monoisotopic (exact) mass is 233 g/mol. The van der Waals surface area contributed by atoms with Gasteiger partial charge in [-0.05, 0) is 50.9 Å². The fourth-order valence-corrected chi connectivity index (χ4v) is 2.67. The Balaban J connectivity index is 2.00. The Morgan fingerprint density at radius 1 is 1.41 bits per heavy atom. The van der Waals surface area contributed by atoms with Crippen LogP contribution in [0, 0.1) is 12.8 Å². The highest BCUT2D eigenvalue weighted by molar-refractivity contribution is 5.10. The number of hydrogen-bond donors (Lipinski definition) is 1. The van der Waals surface area contributed by atoms with E-state index in [0.717, 1.165) is 25.3 Å². The summed E-state index contributed by atoms with van der Waals surface area (Å²) in [5.41, 5.74) is 8.07. The van der Waals surface area contributed by atoms with Gasteiger partial charge in [-0.15, -0.1) is 0 Å². The van der Waals surface area contributed by atoms with Crippen LogP contribution in [0.15, 0.2) is 18.2 Å². The lowest BCUT2D eigenvalue weighted by molar-refractivity contribution is 0.0637. The second kappa shape index (κ2) is 5.61. The van der Waals surface area contributed by atoms with E-state index in [1.807, 2.05) is 13.0 Å². The molecule has 1 aliphatic carbocycles. The molecule has 0 bridgehead atoms. The summed E-state index contributed by atoms with van der Waals surface area (Å²) in [6.45, 7) is 7.13. The summed E-state index contributed by atoms with van der Waals surface area (Å²) in [5, 5.41) is 0. The topological polar surface area (TPSA) is 42.2 Å². The van der Waals surface area contributed by atoms with E-state index in [2.05, 4.69) is 28.9 Å². The summed E-state index contributed by atoms with van der Waals surface area (Å²) < 4.78 is 0. The van der Waals surface area contributed by atoms with Crippen molar-refractivity contribution in [1.82, 2.24) is 9.88 Å². The largest absolute Gasteiger partial charge is 0.330 e. The van der Waals surface area contributed by atoms with Crippen LogP contribution in [0.5, 0.6) is 0 Å². The maximum Gasteiger partial charge on any atom is 0.0547 e. The van der Waals surface area contributed by atoms with E-state index in [-0.39, 0.29) is 0 Å². The molecule has 17 heavy (non-hydrogen) atoms. The van der Waals surface area contributed by atoms with E-state index in [1.165, 1.54) is 18.5 Å². The molecule has 1 fully saturated rings. The highest BCUT2D eigenvalue weighted by Crippen LogP contribution is 2.31. The molecule has 1 aromatic rings. The first kappa shape index (κ1) is 12.5. The van der Waals surface area contributed by atoms with Crippen molar-refractivity contribution in [3.63, 3.8) is 0 Å². The van der Waals surface area contributed by atoms with E-state index >= 15 is 0 Å². The predicted molar refractivity (Wildman–Crippen MR) is 70.6 cm³/mol. The van der Waals surface area contributed by atoms with E-state index in [9.17, 15) is 0 Å². The van der Waals surface area contributed by atoms with Gasteiger partial charge in [0, 0.05) is 18.3 Å². The Labute approximate surface area is 104 Å². The molecule has 94 valence electrons. The van der Waals surface area contributed by atoms with Crippen LogP contribution in [-0.4, -0.2) is 29.0 Å². The molecule has 0 radical (unpaired) electrons. The van der Waals surface area contributed by atoms with Crippen LogP contribution in [0.25, 0.3) is 0 Å². The van der Waals surface area contributed by atoms with Crippen molar-refractivity contribution in [3.8, 4) is 0 Å². The molecule has 1 aliphatic rings. The Hall–Kier alpha value is -0.930. The van der Waals surface area contributed by atoms with Crippen molar-refractivity contribution in [1.29, 1.82) is 0 Å². The van der Waals surface area contributed by atoms with Crippen LogP contribution in [0.2, 0.25) is 0 Å². The van der Waals surface area contributed by atoms with Crippen molar-refractivity contribution in [3.05, 3.63) is 29.6 Å². The quantitative estimate of drug-likeness (QED) is 0.845. The molecule has 0 spiro atoms. The Morgan fingerprint density at radius 2 is 2.24 bits per heavy atom. The Morgan fingerprint density at radius 3 is 2.76 bits per heavy atom. The number of nitrogens with two attached hydrogens (primary N) is 1. The molecule has 2 unspecified atom stereocenters. The molecule has 0 aromatic carbocycles. The second-order valence-corrected chi connectivity index (χ2v) is 4.97. The van der Waals surface area contributed by atoms with Crippen molar-refractivity contribution >= 4 is 0 Å². The molecular formula is C14H23N3. The molecule has 2 N–H and O–H groups in total. The van der Waals surface area contributed by atoms with Gasteiger partial charge >= 0.3 is 0 Å². The van der Waals surface area contributed by atoms with Crippen molar-refractivity contribution < 1.29 is 0 Å². The molecule has 2 rings (SSSR count). The third-order valence-electron chi connectivity index (χ3n) is 3.87. The number of nitrogens with zero attached hydrogens (tertiary/aromatic N) is 2. The molecule has 1 heterocycles. The number of rotatable bonds is 5. The summed E-state index contributed by atoms with van der Waals surface area (Å²) in [6, 6.07) is 6.93. The van der Waals surface area contributed by atoms with Gasteiger partial charge in [-0.25, -0.2) is 0 Å². The van der Waals surface area contributed by atoms with Crippen LogP contribution in [0.4, 0.5) is 0 Å². The molecule has 3 nitrogen and oxygen atoms in total. The molecule has 2 atom stereocenters. The zero-order valence-corrected chi connectivity index (χ0v) is 10.9. The summed E-state index contributed by atoms with van der Waals surface area (Å²) in [5.74, 6) is 0.694. The molecule has 1 aromatic heterocycles. The zero-order valence-electron chi connectivity index (χ0n) is 10.9. The van der Waals surface area contributed by atoms with Gasteiger partial charge in [0.2, 0.25) is 0 Å². The first-order chi connectivity index (χ1) is 8.24. The summed E-state index contributed by atoms with van der Waals surface area (Å²) in [7, 11) is 0. The lowest BCUT2D eigenvalue weighted by Gasteiger charge is -2.43. The predicted octanol–water partition coefficient (Wildman–Crippen LogP) is 1.95. The molecule has 1 saturated carbocycles. The average molecular weight is 233 g/mol. The third kappa shape index (κ3) is 2.85. The lowest BCUT2D eigenvalue weighted by atomic mass is 9.78. The van der Waals surface area contributed by atoms with Crippen LogP contribution in [-0.2, 0) is 6.54 Å². The molecule has 0 amide bonds. The summed E-state index contributed by atoms with van der Waals surface area (Å²) in [4.78, 5) is 7.10. The van der Waals surface area contributed by atoms with E-state index < -0.39 is 0 Å². The molecule has 0 aliphatic heterocycles. The Bertz CT molecular complexity index is 362. The number of pyridine rings is 1. The first-order valence-electron chi connectivity index (χ1n) is 6.61. The normalized spacial score (nSPS) is 23.8. The number of aryl methyl sites for hydroxylation is 1. The third-order valence-corrected chi connectivity index (χ3v) is 3.87. The number of hydrogen-bond acceptors (Lipinski definition) is 3. The molecule has 3 heteroatoms. The smallest absolute Gasteiger partial charge is 0.0547 e. The fourth-order valence-electron chi connectivity index (χ4n) is 2.67. The maximum absolute atomic E-state index is 5.79. The van der Waals surface area contributed by atoms with Gasteiger partial charge in [0.15, 0.2) is 0 Å². The van der Waals surface area contributed by atoms with Gasteiger partial charge < -0.3 is 5.73 Å². The highest BCUT2D eigenvalue weighted by atomic mass is 15.2. The van der Waals surface area contributed by atoms with Gasteiger partial charge in [0.05, 0.1) is 5.69 Å². The van der Waals surface area contributed by atoms with Crippen LogP contribution in [0.3, 0.4) is 0 Å². The van der Waals surface area contributed by atoms with Crippen LogP contribution < -0.4 is 5.73 Å².